The molecule has 16 heavy (non-hydrogen) atoms. The van der Waals surface area contributed by atoms with Crippen LogP contribution >= 0.6 is 0 Å². The largest absolute Gasteiger partial charge is 0.330 e. The topological polar surface area (TPSA) is 109 Å². The van der Waals surface area contributed by atoms with E-state index in [1.807, 2.05) is 0 Å². The van der Waals surface area contributed by atoms with Crippen LogP contribution in [0.4, 0.5) is 0 Å². The van der Waals surface area contributed by atoms with Crippen LogP contribution in [0.1, 0.15) is 12.1 Å². The van der Waals surface area contributed by atoms with Gasteiger partial charge in [0.05, 0.1) is 0 Å². The first-order valence-electron chi connectivity index (χ1n) is 4.66. The summed E-state index contributed by atoms with van der Waals surface area (Å²) in [6, 6.07) is 4.55. The van der Waals surface area contributed by atoms with Crippen LogP contribution in [0.5, 0.6) is 0 Å². The molecule has 0 aliphatic heterocycles. The van der Waals surface area contributed by atoms with Gasteiger partial charge in [-0.05, 0) is 25.1 Å². The van der Waals surface area contributed by atoms with Crippen molar-refractivity contribution in [2.45, 2.75) is 11.3 Å². The zero-order valence-electron chi connectivity index (χ0n) is 8.55. The number of aromatic nitrogens is 1. The third-order valence-corrected chi connectivity index (χ3v) is 3.33. The molecule has 1 aromatic heterocycles. The molecule has 0 unspecified atom stereocenters. The van der Waals surface area contributed by atoms with Crippen molar-refractivity contribution < 1.29 is 8.42 Å². The van der Waals surface area contributed by atoms with Crippen molar-refractivity contribution >= 4 is 10.0 Å². The van der Waals surface area contributed by atoms with Gasteiger partial charge in [-0.1, -0.05) is 0 Å². The average Bonchev–Trinajstić information content (AvgIpc) is 2.29. The number of rotatable bonds is 5. The lowest BCUT2D eigenvalue weighted by molar-refractivity contribution is 0.579. The van der Waals surface area contributed by atoms with E-state index in [-0.39, 0.29) is 17.1 Å². The SMILES string of the molecule is N#Cc1ncccc1S(=O)(=O)NCCCN. The number of pyridine rings is 1. The number of sulfonamides is 1. The van der Waals surface area contributed by atoms with E-state index in [1.54, 1.807) is 6.07 Å². The van der Waals surface area contributed by atoms with Gasteiger partial charge in [0.25, 0.3) is 0 Å². The highest BCUT2D eigenvalue weighted by molar-refractivity contribution is 7.89. The van der Waals surface area contributed by atoms with Crippen molar-refractivity contribution in [3.05, 3.63) is 24.0 Å². The summed E-state index contributed by atoms with van der Waals surface area (Å²) in [6.07, 6.45) is 1.92. The Morgan fingerprint density at radius 1 is 1.56 bits per heavy atom. The minimum absolute atomic E-state index is 0.102. The van der Waals surface area contributed by atoms with Crippen LogP contribution in [0.25, 0.3) is 0 Å². The second-order valence-electron chi connectivity index (χ2n) is 3.00. The maximum atomic E-state index is 11.7. The molecule has 0 aromatic carbocycles. The minimum atomic E-state index is -3.67. The van der Waals surface area contributed by atoms with E-state index >= 15 is 0 Å². The molecule has 0 atom stereocenters. The van der Waals surface area contributed by atoms with Crippen LogP contribution in [0, 0.1) is 11.3 Å². The highest BCUT2D eigenvalue weighted by Crippen LogP contribution is 2.11. The Labute approximate surface area is 94.2 Å². The molecule has 1 aromatic rings. The molecule has 0 saturated carbocycles. The summed E-state index contributed by atoms with van der Waals surface area (Å²) in [7, 11) is -3.67. The van der Waals surface area contributed by atoms with E-state index in [4.69, 9.17) is 11.0 Å². The predicted molar refractivity (Wildman–Crippen MR) is 57.8 cm³/mol. The summed E-state index contributed by atoms with van der Waals surface area (Å²) in [5.41, 5.74) is 5.14. The summed E-state index contributed by atoms with van der Waals surface area (Å²) >= 11 is 0. The lowest BCUT2D eigenvalue weighted by atomic mass is 10.4. The maximum absolute atomic E-state index is 11.7. The fraction of sp³-hybridized carbons (Fsp3) is 0.333. The van der Waals surface area contributed by atoms with Crippen LogP contribution in [0.15, 0.2) is 23.2 Å². The molecule has 0 radical (unpaired) electrons. The van der Waals surface area contributed by atoms with Gasteiger partial charge in [0.1, 0.15) is 11.0 Å². The predicted octanol–water partition coefficient (Wildman–Crippen LogP) is -0.420. The van der Waals surface area contributed by atoms with Crippen molar-refractivity contribution in [1.29, 1.82) is 5.26 Å². The first-order valence-corrected chi connectivity index (χ1v) is 6.15. The zero-order chi connectivity index (χ0) is 12.0. The van der Waals surface area contributed by atoms with E-state index in [0.717, 1.165) is 0 Å². The number of hydrogen-bond acceptors (Lipinski definition) is 5. The van der Waals surface area contributed by atoms with Crippen LogP contribution in [-0.2, 0) is 10.0 Å². The van der Waals surface area contributed by atoms with Crippen molar-refractivity contribution in [3.63, 3.8) is 0 Å². The number of nitriles is 1. The Morgan fingerprint density at radius 2 is 2.31 bits per heavy atom. The van der Waals surface area contributed by atoms with Crippen LogP contribution < -0.4 is 10.5 Å². The highest BCUT2D eigenvalue weighted by Gasteiger charge is 2.18. The summed E-state index contributed by atoms with van der Waals surface area (Å²) in [5, 5.41) is 8.73. The van der Waals surface area contributed by atoms with Gasteiger partial charge in [0.2, 0.25) is 10.0 Å². The Hall–Kier alpha value is -1.49. The van der Waals surface area contributed by atoms with Crippen molar-refractivity contribution in [2.75, 3.05) is 13.1 Å². The maximum Gasteiger partial charge on any atom is 0.243 e. The average molecular weight is 240 g/mol. The molecule has 1 rings (SSSR count). The van der Waals surface area contributed by atoms with E-state index in [0.29, 0.717) is 13.0 Å². The molecule has 0 aliphatic rings. The lowest BCUT2D eigenvalue weighted by Crippen LogP contribution is -2.27. The summed E-state index contributed by atoms with van der Waals surface area (Å²) in [6.45, 7) is 0.652. The standard InChI is InChI=1S/C9H12N4O2S/c10-4-2-6-13-16(14,15)9-3-1-5-12-8(9)7-11/h1,3,5,13H,2,4,6,10H2. The monoisotopic (exact) mass is 240 g/mol. The number of hydrogen-bond donors (Lipinski definition) is 2. The fourth-order valence-electron chi connectivity index (χ4n) is 1.08. The first kappa shape index (κ1) is 12.6. The molecule has 3 N–H and O–H groups in total. The van der Waals surface area contributed by atoms with E-state index in [1.165, 1.54) is 18.3 Å². The molecule has 86 valence electrons. The Bertz CT molecular complexity index is 492. The van der Waals surface area contributed by atoms with E-state index < -0.39 is 10.0 Å². The molecule has 7 heteroatoms. The second kappa shape index (κ2) is 5.55. The molecule has 6 nitrogen and oxygen atoms in total. The molecule has 0 bridgehead atoms. The van der Waals surface area contributed by atoms with Gasteiger partial charge in [-0.2, -0.15) is 5.26 Å². The number of nitrogens with two attached hydrogens (primary N) is 1. The third-order valence-electron chi connectivity index (χ3n) is 1.84. The zero-order valence-corrected chi connectivity index (χ0v) is 9.37. The molecular formula is C9H12N4O2S. The quantitative estimate of drug-likeness (QED) is 0.679. The highest BCUT2D eigenvalue weighted by atomic mass is 32.2. The smallest absolute Gasteiger partial charge is 0.243 e. The third kappa shape index (κ3) is 3.00. The molecule has 0 saturated heterocycles. The fourth-order valence-corrected chi connectivity index (χ4v) is 2.26. The Balaban J connectivity index is 2.95. The number of nitrogens with zero attached hydrogens (tertiary/aromatic N) is 2. The van der Waals surface area contributed by atoms with Gasteiger partial charge in [-0.15, -0.1) is 0 Å². The second-order valence-corrected chi connectivity index (χ2v) is 4.74. The van der Waals surface area contributed by atoms with E-state index in [2.05, 4.69) is 9.71 Å². The van der Waals surface area contributed by atoms with Gasteiger partial charge in [-0.3, -0.25) is 0 Å². The summed E-state index contributed by atoms with van der Waals surface area (Å²) in [4.78, 5) is 3.58. The molecule has 0 amide bonds. The number of nitrogens with one attached hydrogen (secondary N) is 1. The normalized spacial score (nSPS) is 11.0. The molecule has 0 spiro atoms. The van der Waals surface area contributed by atoms with Gasteiger partial charge >= 0.3 is 0 Å². The molecule has 0 fully saturated rings. The molecule has 1 heterocycles. The van der Waals surface area contributed by atoms with Crippen molar-refractivity contribution in [1.82, 2.24) is 9.71 Å². The van der Waals surface area contributed by atoms with Crippen LogP contribution in [0.2, 0.25) is 0 Å². The molecular weight excluding hydrogens is 228 g/mol. The van der Waals surface area contributed by atoms with Crippen LogP contribution in [0.3, 0.4) is 0 Å². The van der Waals surface area contributed by atoms with Crippen LogP contribution in [-0.4, -0.2) is 26.5 Å². The first-order chi connectivity index (χ1) is 7.61. The van der Waals surface area contributed by atoms with Gasteiger partial charge in [0.15, 0.2) is 5.69 Å². The Kier molecular flexibility index (Phi) is 4.37. The van der Waals surface area contributed by atoms with Gasteiger partial charge in [0, 0.05) is 12.7 Å². The molecule has 0 aliphatic carbocycles. The summed E-state index contributed by atoms with van der Waals surface area (Å²) < 4.78 is 25.8. The summed E-state index contributed by atoms with van der Waals surface area (Å²) in [5.74, 6) is 0. The van der Waals surface area contributed by atoms with E-state index in [9.17, 15) is 8.42 Å². The minimum Gasteiger partial charge on any atom is -0.330 e. The lowest BCUT2D eigenvalue weighted by Gasteiger charge is -2.06. The Morgan fingerprint density at radius 3 is 2.94 bits per heavy atom. The van der Waals surface area contributed by atoms with Gasteiger partial charge in [-0.25, -0.2) is 18.1 Å². The van der Waals surface area contributed by atoms with Crippen molar-refractivity contribution in [3.8, 4) is 6.07 Å². The van der Waals surface area contributed by atoms with Crippen molar-refractivity contribution in [2.24, 2.45) is 5.73 Å². The van der Waals surface area contributed by atoms with Gasteiger partial charge < -0.3 is 5.73 Å².